The maximum absolute atomic E-state index is 9.50. The highest BCUT2D eigenvalue weighted by Crippen LogP contribution is 2.30. The fourth-order valence-corrected chi connectivity index (χ4v) is 2.85. The minimum Gasteiger partial charge on any atom is -0.393 e. The van der Waals surface area contributed by atoms with E-state index in [1.165, 1.54) is 0 Å². The molecule has 1 aromatic heterocycles. The fourth-order valence-electron chi connectivity index (χ4n) is 2.36. The number of nitrogens with zero attached hydrogens (tertiary/aromatic N) is 1. The quantitative estimate of drug-likeness (QED) is 0.780. The summed E-state index contributed by atoms with van der Waals surface area (Å²) in [6, 6.07) is 1.69. The van der Waals surface area contributed by atoms with Gasteiger partial charge in [-0.1, -0.05) is 23.2 Å². The lowest BCUT2D eigenvalue weighted by Crippen LogP contribution is -2.14. The molecule has 0 spiro atoms. The maximum Gasteiger partial charge on any atom is 0.147 e. The number of aliphatic hydroxyl groups excluding tert-OH is 1. The summed E-state index contributed by atoms with van der Waals surface area (Å²) in [5.41, 5.74) is 0. The molecule has 106 valence electrons. The number of hydrogen-bond donors (Lipinski definition) is 3. The molecular weight excluding hydrogens is 285 g/mol. The normalized spacial score (nSPS) is 22.5. The van der Waals surface area contributed by atoms with Gasteiger partial charge in [-0.05, 0) is 38.2 Å². The first-order valence-electron chi connectivity index (χ1n) is 6.62. The Bertz CT molecular complexity index is 442. The van der Waals surface area contributed by atoms with Crippen molar-refractivity contribution in [3.8, 4) is 0 Å². The Balaban J connectivity index is 2.00. The van der Waals surface area contributed by atoms with Crippen LogP contribution in [0.2, 0.25) is 10.0 Å². The molecule has 1 aliphatic carbocycles. The Morgan fingerprint density at radius 2 is 1.95 bits per heavy atom. The minimum atomic E-state index is -0.155. The third-order valence-electron chi connectivity index (χ3n) is 3.35. The van der Waals surface area contributed by atoms with Gasteiger partial charge in [0.25, 0.3) is 0 Å². The van der Waals surface area contributed by atoms with Crippen LogP contribution in [0.3, 0.4) is 0 Å². The van der Waals surface area contributed by atoms with Gasteiger partial charge in [-0.2, -0.15) is 0 Å². The summed E-state index contributed by atoms with van der Waals surface area (Å²) in [7, 11) is 0. The second kappa shape index (κ2) is 6.64. The highest BCUT2D eigenvalue weighted by molar-refractivity contribution is 6.37. The summed E-state index contributed by atoms with van der Waals surface area (Å²) in [4.78, 5) is 4.39. The van der Waals surface area contributed by atoms with E-state index in [1.807, 2.05) is 6.92 Å². The molecule has 1 fully saturated rings. The molecule has 4 nitrogen and oxygen atoms in total. The lowest BCUT2D eigenvalue weighted by atomic mass is 10.1. The van der Waals surface area contributed by atoms with E-state index in [1.54, 1.807) is 6.07 Å². The maximum atomic E-state index is 9.50. The molecule has 0 aliphatic heterocycles. The van der Waals surface area contributed by atoms with Crippen molar-refractivity contribution in [2.75, 3.05) is 23.7 Å². The largest absolute Gasteiger partial charge is 0.393 e. The van der Waals surface area contributed by atoms with Crippen molar-refractivity contribution in [1.29, 1.82) is 0 Å². The molecular formula is C13H19Cl2N3O. The summed E-state index contributed by atoms with van der Waals surface area (Å²) in [5, 5.41) is 16.9. The Hall–Kier alpha value is -0.710. The number of hydrogen-bond acceptors (Lipinski definition) is 4. The van der Waals surface area contributed by atoms with Gasteiger partial charge in [-0.3, -0.25) is 0 Å². The standard InChI is InChI=1S/C13H19Cl2N3O/c1-2-16-12-10(14)6-11(15)13(18-12)17-7-8-3-4-9(19)5-8/h6,8-9,19H,2-5,7H2,1H3,(H2,16,17,18). The summed E-state index contributed by atoms with van der Waals surface area (Å²) in [5.74, 6) is 1.76. The van der Waals surface area contributed by atoms with Gasteiger partial charge in [-0.25, -0.2) is 4.98 Å². The second-order valence-corrected chi connectivity index (χ2v) is 5.71. The average Bonchev–Trinajstić information content (AvgIpc) is 2.77. The summed E-state index contributed by atoms with van der Waals surface area (Å²) in [6.45, 7) is 3.51. The molecule has 2 unspecified atom stereocenters. The molecule has 0 saturated heterocycles. The van der Waals surface area contributed by atoms with Crippen LogP contribution in [0.5, 0.6) is 0 Å². The number of rotatable bonds is 5. The number of aromatic nitrogens is 1. The zero-order chi connectivity index (χ0) is 13.8. The zero-order valence-corrected chi connectivity index (χ0v) is 12.4. The number of nitrogens with one attached hydrogen (secondary N) is 2. The van der Waals surface area contributed by atoms with Crippen LogP contribution in [0.15, 0.2) is 6.07 Å². The molecule has 0 bridgehead atoms. The molecule has 3 N–H and O–H groups in total. The van der Waals surface area contributed by atoms with Crippen LogP contribution in [-0.4, -0.2) is 29.3 Å². The van der Waals surface area contributed by atoms with E-state index >= 15 is 0 Å². The lowest BCUT2D eigenvalue weighted by molar-refractivity contribution is 0.178. The van der Waals surface area contributed by atoms with Crippen molar-refractivity contribution >= 4 is 34.8 Å². The molecule has 1 heterocycles. The zero-order valence-electron chi connectivity index (χ0n) is 10.9. The van der Waals surface area contributed by atoms with Gasteiger partial charge >= 0.3 is 0 Å². The number of pyridine rings is 1. The van der Waals surface area contributed by atoms with E-state index in [9.17, 15) is 5.11 Å². The smallest absolute Gasteiger partial charge is 0.147 e. The molecule has 1 aromatic rings. The summed E-state index contributed by atoms with van der Waals surface area (Å²) in [6.07, 6.45) is 2.62. The van der Waals surface area contributed by atoms with E-state index in [4.69, 9.17) is 23.2 Å². The first kappa shape index (κ1) is 14.7. The van der Waals surface area contributed by atoms with E-state index in [0.717, 1.165) is 32.4 Å². The molecule has 2 rings (SSSR count). The monoisotopic (exact) mass is 303 g/mol. The number of halogens is 2. The van der Waals surface area contributed by atoms with Crippen molar-refractivity contribution in [3.63, 3.8) is 0 Å². The van der Waals surface area contributed by atoms with Gasteiger partial charge in [0.05, 0.1) is 16.1 Å². The van der Waals surface area contributed by atoms with E-state index in [-0.39, 0.29) is 6.10 Å². The molecule has 1 aliphatic rings. The third kappa shape index (κ3) is 3.88. The van der Waals surface area contributed by atoms with Crippen LogP contribution in [0, 0.1) is 5.92 Å². The molecule has 6 heteroatoms. The highest BCUT2D eigenvalue weighted by Gasteiger charge is 2.22. The number of anilines is 2. The van der Waals surface area contributed by atoms with Gasteiger partial charge in [0, 0.05) is 13.1 Å². The van der Waals surface area contributed by atoms with Crippen LogP contribution >= 0.6 is 23.2 Å². The Morgan fingerprint density at radius 3 is 2.53 bits per heavy atom. The first-order chi connectivity index (χ1) is 9.10. The van der Waals surface area contributed by atoms with Crippen LogP contribution in [0.1, 0.15) is 26.2 Å². The van der Waals surface area contributed by atoms with Crippen LogP contribution in [0.25, 0.3) is 0 Å². The van der Waals surface area contributed by atoms with E-state index < -0.39 is 0 Å². The Kier molecular flexibility index (Phi) is 5.13. The second-order valence-electron chi connectivity index (χ2n) is 4.89. The van der Waals surface area contributed by atoms with Gasteiger partial charge in [0.2, 0.25) is 0 Å². The Labute approximate surface area is 123 Å². The summed E-state index contributed by atoms with van der Waals surface area (Å²) >= 11 is 12.2. The molecule has 0 amide bonds. The van der Waals surface area contributed by atoms with Crippen molar-refractivity contribution < 1.29 is 5.11 Å². The van der Waals surface area contributed by atoms with Gasteiger partial charge in [0.15, 0.2) is 0 Å². The summed E-state index contributed by atoms with van der Waals surface area (Å²) < 4.78 is 0. The lowest BCUT2D eigenvalue weighted by Gasteiger charge is -2.14. The van der Waals surface area contributed by atoms with Crippen LogP contribution in [-0.2, 0) is 0 Å². The van der Waals surface area contributed by atoms with Crippen molar-refractivity contribution in [3.05, 3.63) is 16.1 Å². The molecule has 19 heavy (non-hydrogen) atoms. The molecule has 1 saturated carbocycles. The van der Waals surface area contributed by atoms with Crippen LogP contribution < -0.4 is 10.6 Å². The van der Waals surface area contributed by atoms with Crippen molar-refractivity contribution in [1.82, 2.24) is 4.98 Å². The fraction of sp³-hybridized carbons (Fsp3) is 0.615. The number of aliphatic hydroxyl groups is 1. The molecule has 2 atom stereocenters. The van der Waals surface area contributed by atoms with Gasteiger partial charge < -0.3 is 15.7 Å². The topological polar surface area (TPSA) is 57.2 Å². The van der Waals surface area contributed by atoms with E-state index in [2.05, 4.69) is 15.6 Å². The molecule has 0 radical (unpaired) electrons. The van der Waals surface area contributed by atoms with Gasteiger partial charge in [-0.15, -0.1) is 0 Å². The Morgan fingerprint density at radius 1 is 1.26 bits per heavy atom. The predicted molar refractivity (Wildman–Crippen MR) is 80.3 cm³/mol. The van der Waals surface area contributed by atoms with Gasteiger partial charge in [0.1, 0.15) is 11.6 Å². The van der Waals surface area contributed by atoms with E-state index in [0.29, 0.717) is 27.6 Å². The molecule has 0 aromatic carbocycles. The van der Waals surface area contributed by atoms with Crippen molar-refractivity contribution in [2.45, 2.75) is 32.3 Å². The minimum absolute atomic E-state index is 0.155. The SMILES string of the molecule is CCNc1nc(NCC2CCC(O)C2)c(Cl)cc1Cl. The highest BCUT2D eigenvalue weighted by atomic mass is 35.5. The first-order valence-corrected chi connectivity index (χ1v) is 7.37. The van der Waals surface area contributed by atoms with Crippen LogP contribution in [0.4, 0.5) is 11.6 Å². The average molecular weight is 304 g/mol. The third-order valence-corrected chi connectivity index (χ3v) is 3.92. The van der Waals surface area contributed by atoms with Crippen molar-refractivity contribution in [2.24, 2.45) is 5.92 Å². The predicted octanol–water partition coefficient (Wildman–Crippen LogP) is 3.39.